The number of amides is 1. The second-order valence-electron chi connectivity index (χ2n) is 10.9. The lowest BCUT2D eigenvalue weighted by Gasteiger charge is -2.18. The van der Waals surface area contributed by atoms with Crippen molar-refractivity contribution < 1.29 is 13.9 Å². The quantitative estimate of drug-likeness (QED) is 0.308. The van der Waals surface area contributed by atoms with Crippen LogP contribution >= 0.6 is 23.2 Å². The van der Waals surface area contributed by atoms with Crippen LogP contribution in [0.1, 0.15) is 60.4 Å². The van der Waals surface area contributed by atoms with Crippen molar-refractivity contribution in [2.75, 3.05) is 38.7 Å². The first-order valence-electron chi connectivity index (χ1n) is 14.3. The summed E-state index contributed by atoms with van der Waals surface area (Å²) in [6.07, 6.45) is 4.29. The minimum Gasteiger partial charge on any atom is -0.453 e. The van der Waals surface area contributed by atoms with Gasteiger partial charge in [0.15, 0.2) is 0 Å². The lowest BCUT2D eigenvalue weighted by Crippen LogP contribution is -2.21. The van der Waals surface area contributed by atoms with Gasteiger partial charge in [-0.1, -0.05) is 72.1 Å². The molecule has 7 heteroatoms. The van der Waals surface area contributed by atoms with E-state index in [1.54, 1.807) is 6.07 Å². The van der Waals surface area contributed by atoms with E-state index in [0.29, 0.717) is 16.5 Å². The zero-order valence-electron chi connectivity index (χ0n) is 24.1. The highest BCUT2D eigenvalue weighted by atomic mass is 35.5. The molecule has 41 heavy (non-hydrogen) atoms. The van der Waals surface area contributed by atoms with E-state index in [0.717, 1.165) is 54.1 Å². The third kappa shape index (κ3) is 8.34. The molecule has 1 heterocycles. The summed E-state index contributed by atoms with van der Waals surface area (Å²) in [4.78, 5) is 14.0. The molecule has 218 valence electrons. The number of aryl methyl sites for hydroxylation is 2. The molecule has 1 atom stereocenters. The van der Waals surface area contributed by atoms with E-state index in [9.17, 15) is 9.18 Å². The van der Waals surface area contributed by atoms with Gasteiger partial charge in [0.2, 0.25) is 0 Å². The minimum atomic E-state index is -0.475. The molecule has 1 aliphatic carbocycles. The predicted octanol–water partition coefficient (Wildman–Crippen LogP) is 9.46. The Morgan fingerprint density at radius 3 is 2.46 bits per heavy atom. The van der Waals surface area contributed by atoms with Crippen LogP contribution in [0.3, 0.4) is 0 Å². The average Bonchev–Trinajstić information content (AvgIpc) is 3.29. The zero-order chi connectivity index (χ0) is 29.4. The van der Waals surface area contributed by atoms with Crippen molar-refractivity contribution >= 4 is 46.1 Å². The second kappa shape index (κ2) is 14.9. The number of carbonyl (C=O) groups excluding carboxylic acids is 1. The number of halogens is 3. The molecule has 0 radical (unpaired) electrons. The van der Waals surface area contributed by atoms with E-state index in [2.05, 4.69) is 54.4 Å². The van der Waals surface area contributed by atoms with Gasteiger partial charge in [-0.15, -0.1) is 0 Å². The highest BCUT2D eigenvalue weighted by molar-refractivity contribution is 6.36. The SMILES string of the molecule is CC1CCN(CCCF)C1.COC(=O)Nc1ccc2c(c1)CCCC(c1ccc(Cl)cc1Cl)=C2c1ccc(C)cc1. The Morgan fingerprint density at radius 1 is 1.05 bits per heavy atom. The Bertz CT molecular complexity index is 1370. The molecule has 0 spiro atoms. The number of nitrogens with one attached hydrogen (secondary N) is 1. The van der Waals surface area contributed by atoms with E-state index in [4.69, 9.17) is 27.9 Å². The molecular weight excluding hydrogens is 558 g/mol. The summed E-state index contributed by atoms with van der Waals surface area (Å²) >= 11 is 12.8. The molecule has 4 nitrogen and oxygen atoms in total. The first-order valence-corrected chi connectivity index (χ1v) is 15.1. The molecular formula is C34H39Cl2FN2O2. The topological polar surface area (TPSA) is 41.6 Å². The first-order chi connectivity index (χ1) is 19.8. The highest BCUT2D eigenvalue weighted by Gasteiger charge is 2.22. The number of hydrogen-bond donors (Lipinski definition) is 1. The van der Waals surface area contributed by atoms with E-state index >= 15 is 0 Å². The fourth-order valence-corrected chi connectivity index (χ4v) is 6.12. The number of hydrogen-bond acceptors (Lipinski definition) is 3. The number of benzene rings is 3. The predicted molar refractivity (Wildman–Crippen MR) is 170 cm³/mol. The van der Waals surface area contributed by atoms with Gasteiger partial charge in [-0.3, -0.25) is 9.71 Å². The van der Waals surface area contributed by atoms with Crippen molar-refractivity contribution in [2.24, 2.45) is 5.92 Å². The largest absolute Gasteiger partial charge is 0.453 e. The lowest BCUT2D eigenvalue weighted by atomic mass is 9.87. The Hall–Kier alpha value is -2.86. The van der Waals surface area contributed by atoms with Gasteiger partial charge < -0.3 is 9.64 Å². The summed E-state index contributed by atoms with van der Waals surface area (Å²) in [6, 6.07) is 20.3. The van der Waals surface area contributed by atoms with Crippen molar-refractivity contribution in [1.82, 2.24) is 4.90 Å². The monoisotopic (exact) mass is 596 g/mol. The summed E-state index contributed by atoms with van der Waals surface area (Å²) < 4.78 is 16.5. The third-order valence-electron chi connectivity index (χ3n) is 7.69. The van der Waals surface area contributed by atoms with Crippen molar-refractivity contribution in [3.8, 4) is 0 Å². The maximum atomic E-state index is 11.7. The highest BCUT2D eigenvalue weighted by Crippen LogP contribution is 2.42. The molecule has 1 N–H and O–H groups in total. The van der Waals surface area contributed by atoms with Crippen LogP contribution < -0.4 is 5.32 Å². The fourth-order valence-electron chi connectivity index (χ4n) is 5.60. The molecule has 1 fully saturated rings. The number of methoxy groups -OCH3 is 1. The summed E-state index contributed by atoms with van der Waals surface area (Å²) in [7, 11) is 1.36. The first kappa shape index (κ1) is 31.1. The van der Waals surface area contributed by atoms with Crippen molar-refractivity contribution in [1.29, 1.82) is 0 Å². The van der Waals surface area contributed by atoms with E-state index < -0.39 is 6.09 Å². The van der Waals surface area contributed by atoms with E-state index in [-0.39, 0.29) is 6.67 Å². The van der Waals surface area contributed by atoms with Gasteiger partial charge in [-0.25, -0.2) is 4.79 Å². The van der Waals surface area contributed by atoms with Gasteiger partial charge in [-0.05, 0) is 109 Å². The zero-order valence-corrected chi connectivity index (χ0v) is 25.6. The average molecular weight is 598 g/mol. The third-order valence-corrected chi connectivity index (χ3v) is 8.24. The smallest absolute Gasteiger partial charge is 0.411 e. The maximum absolute atomic E-state index is 11.7. The van der Waals surface area contributed by atoms with Crippen LogP contribution in [0.2, 0.25) is 10.0 Å². The molecule has 0 bridgehead atoms. The summed E-state index contributed by atoms with van der Waals surface area (Å²) in [5, 5.41) is 4.05. The van der Waals surface area contributed by atoms with Crippen molar-refractivity contribution in [2.45, 2.75) is 46.0 Å². The van der Waals surface area contributed by atoms with Gasteiger partial charge in [0.1, 0.15) is 0 Å². The van der Waals surface area contributed by atoms with Crippen molar-refractivity contribution in [3.05, 3.63) is 98.5 Å². The van der Waals surface area contributed by atoms with E-state index in [1.807, 2.05) is 24.3 Å². The number of allylic oxidation sites excluding steroid dienone is 1. The Morgan fingerprint density at radius 2 is 1.80 bits per heavy atom. The minimum absolute atomic E-state index is 0.162. The molecule has 3 aromatic carbocycles. The van der Waals surface area contributed by atoms with Crippen LogP contribution in [-0.2, 0) is 11.2 Å². The van der Waals surface area contributed by atoms with Crippen LogP contribution in [0.15, 0.2) is 60.7 Å². The van der Waals surface area contributed by atoms with Gasteiger partial charge in [0.25, 0.3) is 0 Å². The van der Waals surface area contributed by atoms with Gasteiger partial charge in [0, 0.05) is 28.8 Å². The van der Waals surface area contributed by atoms with E-state index in [1.165, 1.54) is 48.9 Å². The van der Waals surface area contributed by atoms with Crippen LogP contribution in [0.4, 0.5) is 14.9 Å². The summed E-state index contributed by atoms with van der Waals surface area (Å²) in [6.45, 7) is 7.50. The number of carbonyl (C=O) groups is 1. The van der Waals surface area contributed by atoms with Crippen LogP contribution in [0.5, 0.6) is 0 Å². The number of likely N-dealkylation sites (tertiary alicyclic amines) is 1. The number of alkyl halides is 1. The molecule has 2 aliphatic rings. The molecule has 0 saturated carbocycles. The lowest BCUT2D eigenvalue weighted by molar-refractivity contribution is 0.187. The Kier molecular flexibility index (Phi) is 11.3. The summed E-state index contributed by atoms with van der Waals surface area (Å²) in [5.41, 5.74) is 8.79. The fraction of sp³-hybridized carbons (Fsp3) is 0.382. The van der Waals surface area contributed by atoms with Gasteiger partial charge >= 0.3 is 6.09 Å². The number of anilines is 1. The summed E-state index contributed by atoms with van der Waals surface area (Å²) in [5.74, 6) is 0.833. The molecule has 1 saturated heterocycles. The number of fused-ring (bicyclic) bond motifs is 1. The molecule has 5 rings (SSSR count). The number of rotatable bonds is 6. The van der Waals surface area contributed by atoms with Gasteiger partial charge in [0.05, 0.1) is 13.8 Å². The maximum Gasteiger partial charge on any atom is 0.411 e. The van der Waals surface area contributed by atoms with Gasteiger partial charge in [-0.2, -0.15) is 0 Å². The van der Waals surface area contributed by atoms with Crippen molar-refractivity contribution in [3.63, 3.8) is 0 Å². The number of nitrogens with zero attached hydrogens (tertiary/aromatic N) is 1. The van der Waals surface area contributed by atoms with Crippen LogP contribution in [0, 0.1) is 12.8 Å². The second-order valence-corrected chi connectivity index (χ2v) is 11.8. The molecule has 1 amide bonds. The molecule has 1 aliphatic heterocycles. The molecule has 0 aromatic heterocycles. The Labute approximate surface area is 253 Å². The molecule has 3 aromatic rings. The van der Waals surface area contributed by atoms with Crippen LogP contribution in [-0.4, -0.2) is 44.4 Å². The Balaban J connectivity index is 0.000000328. The van der Waals surface area contributed by atoms with Crippen LogP contribution in [0.25, 0.3) is 11.1 Å². The molecule has 1 unspecified atom stereocenters. The standard InChI is InChI=1S/C26H23Cl2NO2.C8H16FN/c1-16-6-8-17(9-7-16)25-21-13-11-20(29-26(30)31-2)14-18(21)4-3-5-23(25)22-12-10-19(27)15-24(22)28;1-8-3-6-10(7-8)5-2-4-9/h6-15H,3-5H2,1-2H3,(H,29,30);8H,2-7H2,1H3. The number of ether oxygens (including phenoxy) is 1. The normalized spacial score (nSPS) is 16.9.